The van der Waals surface area contributed by atoms with E-state index in [-0.39, 0.29) is 0 Å². The molecule has 2 aromatic heterocycles. The quantitative estimate of drug-likeness (QED) is 0.774. The number of para-hydroxylation sites is 2. The van der Waals surface area contributed by atoms with Crippen LogP contribution in [0.2, 0.25) is 0 Å². The smallest absolute Gasteiger partial charge is 0.139 e. The molecule has 0 radical (unpaired) electrons. The fourth-order valence-electron chi connectivity index (χ4n) is 2.47. The summed E-state index contributed by atoms with van der Waals surface area (Å²) >= 11 is 0. The number of nitrogens with zero attached hydrogens (tertiary/aromatic N) is 4. The van der Waals surface area contributed by atoms with Gasteiger partial charge in [-0.05, 0) is 18.6 Å². The van der Waals surface area contributed by atoms with Gasteiger partial charge in [-0.15, -0.1) is 0 Å². The molecule has 2 heterocycles. The van der Waals surface area contributed by atoms with Gasteiger partial charge in [-0.1, -0.05) is 19.1 Å². The average molecular weight is 270 g/mol. The molecule has 0 amide bonds. The van der Waals surface area contributed by atoms with E-state index >= 15 is 0 Å². The maximum absolute atomic E-state index is 10.4. The van der Waals surface area contributed by atoms with Gasteiger partial charge in [0.1, 0.15) is 11.9 Å². The van der Waals surface area contributed by atoms with E-state index in [4.69, 9.17) is 0 Å². The van der Waals surface area contributed by atoms with Gasteiger partial charge in [0.2, 0.25) is 0 Å². The number of aryl methyl sites for hydroxylation is 1. The summed E-state index contributed by atoms with van der Waals surface area (Å²) < 4.78 is 3.97. The summed E-state index contributed by atoms with van der Waals surface area (Å²) in [6.45, 7) is 3.44. The molecule has 1 aromatic carbocycles. The summed E-state index contributed by atoms with van der Waals surface area (Å²) in [6.07, 6.45) is 5.80. The van der Waals surface area contributed by atoms with Gasteiger partial charge in [0.05, 0.1) is 23.9 Å². The van der Waals surface area contributed by atoms with E-state index in [1.54, 1.807) is 12.5 Å². The van der Waals surface area contributed by atoms with Gasteiger partial charge in [0.15, 0.2) is 0 Å². The largest absolute Gasteiger partial charge is 0.383 e. The molecule has 0 aliphatic rings. The van der Waals surface area contributed by atoms with E-state index in [2.05, 4.69) is 16.9 Å². The van der Waals surface area contributed by atoms with Crippen LogP contribution in [0.5, 0.6) is 0 Å². The van der Waals surface area contributed by atoms with Gasteiger partial charge >= 0.3 is 0 Å². The first kappa shape index (κ1) is 12.9. The summed E-state index contributed by atoms with van der Waals surface area (Å²) in [6, 6.07) is 7.92. The minimum absolute atomic E-state index is 0.460. The topological polar surface area (TPSA) is 55.9 Å². The first-order valence-corrected chi connectivity index (χ1v) is 6.88. The third-order valence-corrected chi connectivity index (χ3v) is 3.41. The van der Waals surface area contributed by atoms with E-state index in [0.717, 1.165) is 24.0 Å². The highest BCUT2D eigenvalue weighted by atomic mass is 16.3. The van der Waals surface area contributed by atoms with Crippen molar-refractivity contribution in [3.63, 3.8) is 0 Å². The fraction of sp³-hybridized carbons (Fsp3) is 0.333. The Labute approximate surface area is 117 Å². The monoisotopic (exact) mass is 270 g/mol. The molecular formula is C15H18N4O. The Morgan fingerprint density at radius 1 is 1.20 bits per heavy atom. The molecule has 0 saturated carbocycles. The summed E-state index contributed by atoms with van der Waals surface area (Å²) in [7, 11) is 0. The van der Waals surface area contributed by atoms with Crippen LogP contribution in [0, 0.1) is 0 Å². The fourth-order valence-corrected chi connectivity index (χ4v) is 2.47. The van der Waals surface area contributed by atoms with E-state index in [1.807, 2.05) is 39.6 Å². The van der Waals surface area contributed by atoms with Gasteiger partial charge < -0.3 is 14.2 Å². The van der Waals surface area contributed by atoms with E-state index < -0.39 is 6.10 Å². The number of aliphatic hydroxyl groups excluding tert-OH is 1. The minimum atomic E-state index is -0.630. The highest BCUT2D eigenvalue weighted by Gasteiger charge is 2.15. The van der Waals surface area contributed by atoms with Gasteiger partial charge in [-0.25, -0.2) is 9.97 Å². The summed E-state index contributed by atoms with van der Waals surface area (Å²) in [5, 5.41) is 10.4. The lowest BCUT2D eigenvalue weighted by atomic mass is 10.3. The highest BCUT2D eigenvalue weighted by Crippen LogP contribution is 2.18. The van der Waals surface area contributed by atoms with Crippen molar-refractivity contribution in [1.82, 2.24) is 19.1 Å². The molecule has 0 fully saturated rings. The van der Waals surface area contributed by atoms with Crippen LogP contribution in [-0.4, -0.2) is 24.2 Å². The lowest BCUT2D eigenvalue weighted by Crippen LogP contribution is -2.14. The molecule has 3 aromatic rings. The predicted octanol–water partition coefficient (Wildman–Crippen LogP) is 2.38. The van der Waals surface area contributed by atoms with Crippen molar-refractivity contribution in [3.8, 4) is 0 Å². The second-order valence-corrected chi connectivity index (χ2v) is 4.88. The van der Waals surface area contributed by atoms with Crippen molar-refractivity contribution < 1.29 is 5.11 Å². The molecule has 3 rings (SSSR count). The molecule has 5 nitrogen and oxygen atoms in total. The Hall–Kier alpha value is -2.14. The van der Waals surface area contributed by atoms with Crippen molar-refractivity contribution in [3.05, 3.63) is 48.8 Å². The number of benzene rings is 1. The van der Waals surface area contributed by atoms with Crippen LogP contribution in [0.15, 0.2) is 43.0 Å². The van der Waals surface area contributed by atoms with Crippen LogP contribution in [-0.2, 0) is 13.1 Å². The molecule has 104 valence electrons. The molecule has 1 unspecified atom stereocenters. The lowest BCUT2D eigenvalue weighted by Gasteiger charge is -2.14. The second-order valence-electron chi connectivity index (χ2n) is 4.88. The minimum Gasteiger partial charge on any atom is -0.383 e. The van der Waals surface area contributed by atoms with Crippen molar-refractivity contribution >= 4 is 11.0 Å². The highest BCUT2D eigenvalue weighted by molar-refractivity contribution is 5.74. The second kappa shape index (κ2) is 5.46. The first-order chi connectivity index (χ1) is 9.79. The Morgan fingerprint density at radius 2 is 2.05 bits per heavy atom. The Balaban J connectivity index is 1.85. The van der Waals surface area contributed by atoms with Crippen LogP contribution in [0.3, 0.4) is 0 Å². The molecular weight excluding hydrogens is 252 g/mol. The Kier molecular flexibility index (Phi) is 3.52. The van der Waals surface area contributed by atoms with Crippen LogP contribution in [0.4, 0.5) is 0 Å². The average Bonchev–Trinajstić information content (AvgIpc) is 3.07. The maximum atomic E-state index is 10.4. The van der Waals surface area contributed by atoms with Gasteiger partial charge in [-0.2, -0.15) is 0 Å². The molecule has 0 saturated heterocycles. The van der Waals surface area contributed by atoms with E-state index in [9.17, 15) is 5.11 Å². The van der Waals surface area contributed by atoms with Gasteiger partial charge in [0.25, 0.3) is 0 Å². The van der Waals surface area contributed by atoms with Gasteiger partial charge in [0, 0.05) is 18.9 Å². The number of hydrogen-bond donors (Lipinski definition) is 1. The standard InChI is InChI=1S/C15H18N4O/c1-2-8-18-9-7-16-15(18)14(20)10-19-11-17-12-5-3-4-6-13(12)19/h3-7,9,11,14,20H,2,8,10H2,1H3. The normalized spacial score (nSPS) is 12.9. The number of hydrogen-bond acceptors (Lipinski definition) is 3. The van der Waals surface area contributed by atoms with Crippen LogP contribution in [0.25, 0.3) is 11.0 Å². The summed E-state index contributed by atoms with van der Waals surface area (Å²) in [5.74, 6) is 0.713. The zero-order valence-electron chi connectivity index (χ0n) is 11.5. The first-order valence-electron chi connectivity index (χ1n) is 6.88. The molecule has 0 spiro atoms. The third-order valence-electron chi connectivity index (χ3n) is 3.41. The summed E-state index contributed by atoms with van der Waals surface area (Å²) in [4.78, 5) is 8.61. The summed E-state index contributed by atoms with van der Waals surface area (Å²) in [5.41, 5.74) is 1.97. The number of imidazole rings is 2. The zero-order chi connectivity index (χ0) is 13.9. The molecule has 20 heavy (non-hydrogen) atoms. The number of aliphatic hydroxyl groups is 1. The van der Waals surface area contributed by atoms with Crippen molar-refractivity contribution in [1.29, 1.82) is 0 Å². The molecule has 0 aliphatic carbocycles. The van der Waals surface area contributed by atoms with Crippen LogP contribution >= 0.6 is 0 Å². The predicted molar refractivity (Wildman–Crippen MR) is 77.2 cm³/mol. The van der Waals surface area contributed by atoms with Crippen molar-refractivity contribution in [2.75, 3.05) is 0 Å². The van der Waals surface area contributed by atoms with Crippen molar-refractivity contribution in [2.24, 2.45) is 0 Å². The lowest BCUT2D eigenvalue weighted by molar-refractivity contribution is 0.143. The Morgan fingerprint density at radius 3 is 2.90 bits per heavy atom. The number of rotatable bonds is 5. The van der Waals surface area contributed by atoms with Crippen molar-refractivity contribution in [2.45, 2.75) is 32.5 Å². The molecule has 0 bridgehead atoms. The molecule has 0 aliphatic heterocycles. The van der Waals surface area contributed by atoms with Crippen LogP contribution < -0.4 is 0 Å². The van der Waals surface area contributed by atoms with Gasteiger partial charge in [-0.3, -0.25) is 0 Å². The SMILES string of the molecule is CCCn1ccnc1C(O)Cn1cnc2ccccc21. The number of fused-ring (bicyclic) bond motifs is 1. The molecule has 1 N–H and O–H groups in total. The zero-order valence-corrected chi connectivity index (χ0v) is 11.5. The number of aromatic nitrogens is 4. The maximum Gasteiger partial charge on any atom is 0.139 e. The van der Waals surface area contributed by atoms with Crippen LogP contribution in [0.1, 0.15) is 25.3 Å². The Bertz CT molecular complexity index is 701. The third kappa shape index (κ3) is 2.32. The molecule has 5 heteroatoms. The van der Waals surface area contributed by atoms with E-state index in [1.165, 1.54) is 0 Å². The molecule has 1 atom stereocenters. The van der Waals surface area contributed by atoms with E-state index in [0.29, 0.717) is 12.4 Å².